The van der Waals surface area contributed by atoms with Crippen LogP contribution in [0, 0.1) is 0 Å². The number of allylic oxidation sites excluding steroid dienone is 2. The molecule has 13 aromatic rings. The smallest absolute Gasteiger partial charge is 0.163 e. The van der Waals surface area contributed by atoms with Crippen molar-refractivity contribution in [3.63, 3.8) is 0 Å². The van der Waals surface area contributed by atoms with Gasteiger partial charge in [-0.2, -0.15) is 0 Å². The third-order valence-electron chi connectivity index (χ3n) is 14.8. The lowest BCUT2D eigenvalue weighted by Crippen LogP contribution is -2.14. The van der Waals surface area contributed by atoms with Gasteiger partial charge in [-0.1, -0.05) is 127 Å². The molecule has 0 amide bonds. The van der Waals surface area contributed by atoms with Crippen molar-refractivity contribution in [3.05, 3.63) is 209 Å². The Bertz CT molecular complexity index is 4520. The molecule has 0 saturated heterocycles. The number of amidine groups is 1. The highest BCUT2D eigenvalue weighted by Gasteiger charge is 2.38. The number of fused-ring (bicyclic) bond motifs is 20. The lowest BCUT2D eigenvalue weighted by atomic mass is 9.81. The quantitative estimate of drug-likeness (QED) is 0.174. The van der Waals surface area contributed by atoms with E-state index in [1.807, 2.05) is 24.3 Å². The number of benzene rings is 9. The van der Waals surface area contributed by atoms with E-state index in [4.69, 9.17) is 23.2 Å². The Balaban J connectivity index is 1.07. The summed E-state index contributed by atoms with van der Waals surface area (Å²) < 4.78 is 23.5. The van der Waals surface area contributed by atoms with E-state index in [1.54, 1.807) is 0 Å². The molecule has 2 aliphatic heterocycles. The van der Waals surface area contributed by atoms with Gasteiger partial charge in [0, 0.05) is 72.2 Å². The van der Waals surface area contributed by atoms with Crippen molar-refractivity contribution in [1.29, 1.82) is 0 Å². The van der Waals surface area contributed by atoms with Gasteiger partial charge in [0.2, 0.25) is 0 Å². The molecule has 4 aromatic heterocycles. The molecule has 0 N–H and O–H groups in total. The van der Waals surface area contributed by atoms with Crippen LogP contribution in [0.4, 0.5) is 0 Å². The summed E-state index contributed by atoms with van der Waals surface area (Å²) in [6.07, 6.45) is 6.02. The normalized spacial score (nSPS) is 15.9. The van der Waals surface area contributed by atoms with Gasteiger partial charge in [0.25, 0.3) is 0 Å². The molecule has 0 saturated carbocycles. The van der Waals surface area contributed by atoms with Gasteiger partial charge in [0.05, 0.1) is 33.7 Å². The number of nitrogens with zero attached hydrogens (tertiary/aromatic N) is 3. The predicted molar refractivity (Wildman–Crippen MR) is 274 cm³/mol. The highest BCUT2D eigenvalue weighted by Crippen LogP contribution is 2.53. The molecule has 6 heteroatoms. The molecule has 0 spiro atoms. The second kappa shape index (κ2) is 13.0. The number of rotatable bonds is 2. The highest BCUT2D eigenvalue weighted by atomic mass is 16.3. The van der Waals surface area contributed by atoms with Gasteiger partial charge in [-0.25, -0.2) is 9.98 Å². The van der Waals surface area contributed by atoms with Crippen molar-refractivity contribution in [3.8, 4) is 5.69 Å². The highest BCUT2D eigenvalue weighted by molar-refractivity contribution is 6.25. The minimum absolute atomic E-state index is 0.0386. The molecule has 67 heavy (non-hydrogen) atoms. The van der Waals surface area contributed by atoms with Gasteiger partial charge in [-0.15, -0.1) is 0 Å². The van der Waals surface area contributed by atoms with E-state index in [1.165, 1.54) is 33.0 Å². The first-order chi connectivity index (χ1) is 33.2. The Morgan fingerprint density at radius 3 is 1.90 bits per heavy atom. The summed E-state index contributed by atoms with van der Waals surface area (Å²) in [5, 5.41) is 12.2. The lowest BCUT2D eigenvalue weighted by molar-refractivity contribution is 0.667. The van der Waals surface area contributed by atoms with E-state index in [9.17, 15) is 0 Å². The summed E-state index contributed by atoms with van der Waals surface area (Å²) in [5.41, 5.74) is 15.3. The lowest BCUT2D eigenvalue weighted by Gasteiger charge is -2.24. The van der Waals surface area contributed by atoms with Crippen LogP contribution in [0.3, 0.4) is 0 Å². The molecule has 9 aromatic carbocycles. The van der Waals surface area contributed by atoms with E-state index in [-0.39, 0.29) is 5.92 Å². The number of aliphatic imine (C=N–C) groups is 2. The van der Waals surface area contributed by atoms with Crippen LogP contribution in [0.25, 0.3) is 116 Å². The standard InChI is InChI=1S/C61H35N3O3/c1-2-14-35-31-51-47(30-34(35)13-1)39-18-9-19-40-48-32-49(45-22-10-20-41-37-16-5-7-24-52(37)65-58(41)45)62-61(46-23-11-21-42-38-17-6-8-25-53(38)66-59(42)46)63-55(48)54-50(64(51)56(39)40)29-28-44-43-27-26-33-12-3-4-15-36(33)57(43)67-60(44)54/h1-18,20-31,40H,19,32H2. The van der Waals surface area contributed by atoms with Gasteiger partial charge < -0.3 is 17.8 Å². The van der Waals surface area contributed by atoms with Crippen molar-refractivity contribution in [1.82, 2.24) is 4.57 Å². The molecule has 1 atom stereocenters. The van der Waals surface area contributed by atoms with E-state index >= 15 is 0 Å². The van der Waals surface area contributed by atoms with Crippen molar-refractivity contribution in [2.75, 3.05) is 0 Å². The molecular formula is C61H35N3O3. The molecule has 0 bridgehead atoms. The molecule has 1 aliphatic carbocycles. The SMILES string of the molecule is C1=Cc2c3n(c4cc5ccccc5cc24)-c2ccc4c(oc5c6ccccc6ccc45)c2C2=C(CC(c4cccc5c4oc4ccccc45)=NC(c4cccc5c4oc4ccccc45)=N2)C3C1. The zero-order valence-corrected chi connectivity index (χ0v) is 35.9. The van der Waals surface area contributed by atoms with Crippen molar-refractivity contribution < 1.29 is 13.3 Å². The number of hydrogen-bond donors (Lipinski definition) is 0. The van der Waals surface area contributed by atoms with Crippen molar-refractivity contribution in [2.45, 2.75) is 18.8 Å². The molecular weight excluding hydrogens is 823 g/mol. The van der Waals surface area contributed by atoms with Gasteiger partial charge in [0.1, 0.15) is 33.5 Å². The van der Waals surface area contributed by atoms with E-state index in [0.717, 1.165) is 122 Å². The van der Waals surface area contributed by atoms with E-state index in [0.29, 0.717) is 12.3 Å². The maximum Gasteiger partial charge on any atom is 0.163 e. The number of para-hydroxylation sites is 4. The molecule has 312 valence electrons. The topological polar surface area (TPSA) is 69.1 Å². The summed E-state index contributed by atoms with van der Waals surface area (Å²) in [5.74, 6) is 0.541. The summed E-state index contributed by atoms with van der Waals surface area (Å²) in [6.45, 7) is 0. The molecule has 0 fully saturated rings. The summed E-state index contributed by atoms with van der Waals surface area (Å²) in [7, 11) is 0. The molecule has 6 nitrogen and oxygen atoms in total. The third kappa shape index (κ3) is 4.78. The first-order valence-electron chi connectivity index (χ1n) is 23.0. The summed E-state index contributed by atoms with van der Waals surface area (Å²) in [4.78, 5) is 11.7. The second-order valence-electron chi connectivity index (χ2n) is 18.2. The number of aromatic nitrogens is 1. The van der Waals surface area contributed by atoms with Crippen molar-refractivity contribution in [2.24, 2.45) is 9.98 Å². The molecule has 16 rings (SSSR count). The summed E-state index contributed by atoms with van der Waals surface area (Å²) >= 11 is 0. The Hall–Kier alpha value is -8.74. The maximum absolute atomic E-state index is 7.35. The first kappa shape index (κ1) is 35.6. The predicted octanol–water partition coefficient (Wildman–Crippen LogP) is 16.2. The van der Waals surface area contributed by atoms with Crippen LogP contribution in [0.2, 0.25) is 0 Å². The fraction of sp³-hybridized carbons (Fsp3) is 0.0492. The third-order valence-corrected chi connectivity index (χ3v) is 14.8. The van der Waals surface area contributed by atoms with Crippen LogP contribution in [0.15, 0.2) is 205 Å². The van der Waals surface area contributed by atoms with Crippen LogP contribution < -0.4 is 0 Å². The first-order valence-corrected chi connectivity index (χ1v) is 23.0. The zero-order chi connectivity index (χ0) is 43.5. The van der Waals surface area contributed by atoms with Gasteiger partial charge in [-0.3, -0.25) is 0 Å². The van der Waals surface area contributed by atoms with Crippen LogP contribution >= 0.6 is 0 Å². The fourth-order valence-electron chi connectivity index (χ4n) is 11.8. The Labute approximate surface area is 381 Å². The minimum Gasteiger partial charge on any atom is -0.455 e. The zero-order valence-electron chi connectivity index (χ0n) is 35.9. The van der Waals surface area contributed by atoms with Gasteiger partial charge in [0.15, 0.2) is 5.84 Å². The van der Waals surface area contributed by atoms with Crippen LogP contribution in [-0.4, -0.2) is 16.1 Å². The maximum atomic E-state index is 7.35. The molecule has 6 heterocycles. The Morgan fingerprint density at radius 2 is 1.10 bits per heavy atom. The van der Waals surface area contributed by atoms with Crippen LogP contribution in [0.1, 0.15) is 46.7 Å². The summed E-state index contributed by atoms with van der Waals surface area (Å²) in [6, 6.07) is 60.2. The Kier molecular flexibility index (Phi) is 6.88. The fourth-order valence-corrected chi connectivity index (χ4v) is 11.8. The van der Waals surface area contributed by atoms with Crippen LogP contribution in [-0.2, 0) is 0 Å². The number of furan rings is 3. The van der Waals surface area contributed by atoms with Gasteiger partial charge in [-0.05, 0) is 82.7 Å². The average molecular weight is 858 g/mol. The monoisotopic (exact) mass is 857 g/mol. The molecule has 1 unspecified atom stereocenters. The molecule has 0 radical (unpaired) electrons. The van der Waals surface area contributed by atoms with Crippen molar-refractivity contribution >= 4 is 122 Å². The minimum atomic E-state index is -0.0386. The number of hydrogen-bond acceptors (Lipinski definition) is 5. The van der Waals surface area contributed by atoms with E-state index < -0.39 is 0 Å². The molecule has 3 aliphatic rings. The second-order valence-corrected chi connectivity index (χ2v) is 18.2. The Morgan fingerprint density at radius 1 is 0.478 bits per heavy atom. The largest absolute Gasteiger partial charge is 0.455 e. The van der Waals surface area contributed by atoms with Crippen LogP contribution in [0.5, 0.6) is 0 Å². The van der Waals surface area contributed by atoms with Gasteiger partial charge >= 0.3 is 0 Å². The van der Waals surface area contributed by atoms with E-state index in [2.05, 4.69) is 162 Å². The average Bonchev–Trinajstić information content (AvgIpc) is 4.10.